The van der Waals surface area contributed by atoms with Crippen LogP contribution in [0.3, 0.4) is 0 Å². The Hall–Kier alpha value is -1.63. The lowest BCUT2D eigenvalue weighted by Gasteiger charge is -2.35. The van der Waals surface area contributed by atoms with E-state index in [9.17, 15) is 9.59 Å². The van der Waals surface area contributed by atoms with Gasteiger partial charge in [-0.1, -0.05) is 0 Å². The summed E-state index contributed by atoms with van der Waals surface area (Å²) in [5, 5.41) is 7.73. The fraction of sp³-hybridized carbons (Fsp3) is 0.786. The van der Waals surface area contributed by atoms with Gasteiger partial charge in [-0.05, 0) is 38.1 Å². The molecule has 1 aromatic rings. The summed E-state index contributed by atoms with van der Waals surface area (Å²) in [6, 6.07) is 0.642. The normalized spacial score (nSPS) is 23.7. The smallest absolute Gasteiger partial charge is 0.346 e. The molecular formula is C14H23N5O2. The molecule has 2 saturated heterocycles. The number of aryl methyl sites for hydroxylation is 1. The zero-order valence-corrected chi connectivity index (χ0v) is 12.7. The monoisotopic (exact) mass is 293 g/mol. The molecule has 1 atom stereocenters. The van der Waals surface area contributed by atoms with Gasteiger partial charge >= 0.3 is 5.69 Å². The molecule has 0 bridgehead atoms. The molecule has 0 amide bonds. The zero-order chi connectivity index (χ0) is 15.0. The van der Waals surface area contributed by atoms with Gasteiger partial charge in [-0.2, -0.15) is 0 Å². The number of anilines is 1. The second-order valence-electron chi connectivity index (χ2n) is 6.12. The van der Waals surface area contributed by atoms with Crippen LogP contribution in [-0.2, 0) is 14.1 Å². The SMILES string of the molecule is Cn1nc(N2CCC(C3CCCN3)CC2)c(=O)n(C)c1=O. The summed E-state index contributed by atoms with van der Waals surface area (Å²) in [6.45, 7) is 2.81. The van der Waals surface area contributed by atoms with Crippen molar-refractivity contribution >= 4 is 5.82 Å². The molecule has 7 nitrogen and oxygen atoms in total. The Morgan fingerprint density at radius 1 is 1.14 bits per heavy atom. The summed E-state index contributed by atoms with van der Waals surface area (Å²) in [4.78, 5) is 25.9. The van der Waals surface area contributed by atoms with Gasteiger partial charge in [-0.25, -0.2) is 9.48 Å². The predicted octanol–water partition coefficient (Wildman–Crippen LogP) is -0.553. The Labute approximate surface area is 123 Å². The van der Waals surface area contributed by atoms with Crippen molar-refractivity contribution in [2.24, 2.45) is 20.0 Å². The maximum absolute atomic E-state index is 12.2. The topological polar surface area (TPSA) is 72.2 Å². The molecule has 0 spiro atoms. The number of hydrogen-bond acceptors (Lipinski definition) is 5. The van der Waals surface area contributed by atoms with Crippen molar-refractivity contribution in [3.8, 4) is 0 Å². The lowest BCUT2D eigenvalue weighted by molar-refractivity contribution is 0.317. The van der Waals surface area contributed by atoms with E-state index in [2.05, 4.69) is 10.4 Å². The van der Waals surface area contributed by atoms with Crippen LogP contribution in [0, 0.1) is 5.92 Å². The number of nitrogens with one attached hydrogen (secondary N) is 1. The highest BCUT2D eigenvalue weighted by atomic mass is 16.2. The number of aromatic nitrogens is 3. The van der Waals surface area contributed by atoms with E-state index in [1.807, 2.05) is 4.90 Å². The molecule has 1 N–H and O–H groups in total. The Morgan fingerprint density at radius 3 is 2.48 bits per heavy atom. The van der Waals surface area contributed by atoms with Crippen LogP contribution in [0.2, 0.25) is 0 Å². The molecule has 0 aromatic carbocycles. The standard InChI is InChI=1S/C14H23N5O2/c1-17-13(20)12(16-18(2)14(17)21)19-8-5-10(6-9-19)11-4-3-7-15-11/h10-11,15H,3-9H2,1-2H3. The van der Waals surface area contributed by atoms with Gasteiger partial charge in [-0.3, -0.25) is 9.36 Å². The Kier molecular flexibility index (Phi) is 3.84. The van der Waals surface area contributed by atoms with Crippen LogP contribution >= 0.6 is 0 Å². The molecule has 7 heteroatoms. The molecular weight excluding hydrogens is 270 g/mol. The molecule has 21 heavy (non-hydrogen) atoms. The third kappa shape index (κ3) is 2.62. The molecule has 1 aromatic heterocycles. The first-order chi connectivity index (χ1) is 10.1. The first-order valence-electron chi connectivity index (χ1n) is 7.70. The Balaban J connectivity index is 1.75. The molecule has 2 aliphatic rings. The second-order valence-corrected chi connectivity index (χ2v) is 6.12. The highest BCUT2D eigenvalue weighted by Gasteiger charge is 2.29. The highest BCUT2D eigenvalue weighted by Crippen LogP contribution is 2.26. The van der Waals surface area contributed by atoms with Crippen molar-refractivity contribution in [2.75, 3.05) is 24.5 Å². The summed E-state index contributed by atoms with van der Waals surface area (Å²) < 4.78 is 2.37. The maximum Gasteiger partial charge on any atom is 0.346 e. The van der Waals surface area contributed by atoms with Crippen LogP contribution in [0.15, 0.2) is 9.59 Å². The number of nitrogens with zero attached hydrogens (tertiary/aromatic N) is 4. The van der Waals surface area contributed by atoms with Crippen molar-refractivity contribution in [2.45, 2.75) is 31.7 Å². The minimum atomic E-state index is -0.381. The molecule has 1 unspecified atom stereocenters. The average molecular weight is 293 g/mol. The molecule has 116 valence electrons. The Bertz CT molecular complexity index is 621. The van der Waals surface area contributed by atoms with Gasteiger partial charge in [0, 0.05) is 33.2 Å². The van der Waals surface area contributed by atoms with Gasteiger partial charge in [0.2, 0.25) is 5.82 Å². The quantitative estimate of drug-likeness (QED) is 0.792. The first kappa shape index (κ1) is 14.3. The molecule has 2 fully saturated rings. The van der Waals surface area contributed by atoms with Crippen molar-refractivity contribution in [3.05, 3.63) is 20.8 Å². The molecule has 3 rings (SSSR count). The summed E-state index contributed by atoms with van der Waals surface area (Å²) in [5.74, 6) is 1.09. The van der Waals surface area contributed by atoms with Gasteiger partial charge in [0.1, 0.15) is 0 Å². The van der Waals surface area contributed by atoms with Crippen LogP contribution in [-0.4, -0.2) is 40.0 Å². The molecule has 0 radical (unpaired) electrons. The van der Waals surface area contributed by atoms with Crippen molar-refractivity contribution < 1.29 is 0 Å². The van der Waals surface area contributed by atoms with Crippen LogP contribution in [0.25, 0.3) is 0 Å². The minimum Gasteiger partial charge on any atom is -0.351 e. The van der Waals surface area contributed by atoms with Crippen LogP contribution in [0.1, 0.15) is 25.7 Å². The fourth-order valence-electron chi connectivity index (χ4n) is 3.51. The van der Waals surface area contributed by atoms with Crippen molar-refractivity contribution in [1.82, 2.24) is 19.7 Å². The maximum atomic E-state index is 12.2. The van der Waals surface area contributed by atoms with Crippen LogP contribution in [0.4, 0.5) is 5.82 Å². The van der Waals surface area contributed by atoms with Crippen LogP contribution < -0.4 is 21.5 Å². The number of rotatable bonds is 2. The van der Waals surface area contributed by atoms with E-state index in [1.165, 1.54) is 24.6 Å². The summed E-state index contributed by atoms with van der Waals surface area (Å²) in [7, 11) is 3.09. The number of hydrogen-bond donors (Lipinski definition) is 1. The number of piperidine rings is 1. The summed E-state index contributed by atoms with van der Waals surface area (Å²) in [6.07, 6.45) is 4.69. The second kappa shape index (κ2) is 5.63. The minimum absolute atomic E-state index is 0.296. The van der Waals surface area contributed by atoms with Crippen LogP contribution in [0.5, 0.6) is 0 Å². The van der Waals surface area contributed by atoms with E-state index in [-0.39, 0.29) is 11.2 Å². The predicted molar refractivity (Wildman–Crippen MR) is 80.7 cm³/mol. The van der Waals surface area contributed by atoms with Crippen molar-refractivity contribution in [3.63, 3.8) is 0 Å². The van der Waals surface area contributed by atoms with E-state index >= 15 is 0 Å². The first-order valence-corrected chi connectivity index (χ1v) is 7.70. The molecule has 0 aliphatic carbocycles. The van der Waals surface area contributed by atoms with Gasteiger partial charge in [0.05, 0.1) is 0 Å². The van der Waals surface area contributed by atoms with Gasteiger partial charge < -0.3 is 10.2 Å². The van der Waals surface area contributed by atoms with E-state index in [0.29, 0.717) is 17.8 Å². The third-order valence-electron chi connectivity index (χ3n) is 4.81. The lowest BCUT2D eigenvalue weighted by atomic mass is 9.88. The fourth-order valence-corrected chi connectivity index (χ4v) is 3.51. The zero-order valence-electron chi connectivity index (χ0n) is 12.7. The third-order valence-corrected chi connectivity index (χ3v) is 4.81. The van der Waals surface area contributed by atoms with Gasteiger partial charge in [-0.15, -0.1) is 5.10 Å². The molecule has 3 heterocycles. The molecule has 2 aliphatic heterocycles. The van der Waals surface area contributed by atoms with Gasteiger partial charge in [0.15, 0.2) is 0 Å². The van der Waals surface area contributed by atoms with E-state index < -0.39 is 0 Å². The van der Waals surface area contributed by atoms with E-state index in [0.717, 1.165) is 37.0 Å². The largest absolute Gasteiger partial charge is 0.351 e. The Morgan fingerprint density at radius 2 is 1.86 bits per heavy atom. The summed E-state index contributed by atoms with van der Waals surface area (Å²) >= 11 is 0. The average Bonchev–Trinajstić information content (AvgIpc) is 3.03. The van der Waals surface area contributed by atoms with E-state index in [4.69, 9.17) is 0 Å². The lowest BCUT2D eigenvalue weighted by Crippen LogP contribution is -2.47. The van der Waals surface area contributed by atoms with Gasteiger partial charge in [0.25, 0.3) is 5.56 Å². The van der Waals surface area contributed by atoms with Crippen molar-refractivity contribution in [1.29, 1.82) is 0 Å². The molecule has 0 saturated carbocycles. The summed E-state index contributed by atoms with van der Waals surface area (Å²) in [5.41, 5.74) is -0.677. The highest BCUT2D eigenvalue weighted by molar-refractivity contribution is 5.35. The van der Waals surface area contributed by atoms with E-state index in [1.54, 1.807) is 7.05 Å².